The lowest BCUT2D eigenvalue weighted by atomic mass is 10.4. The maximum absolute atomic E-state index is 11.4. The van der Waals surface area contributed by atoms with Gasteiger partial charge in [0.2, 0.25) is 10.0 Å². The highest BCUT2D eigenvalue weighted by Gasteiger charge is 2.09. The fraction of sp³-hybridized carbons (Fsp3) is 0.545. The smallest absolute Gasteiger partial charge is 0.315 e. The summed E-state index contributed by atoms with van der Waals surface area (Å²) in [7, 11) is -1.64. The van der Waals surface area contributed by atoms with Crippen molar-refractivity contribution in [2.75, 3.05) is 26.4 Å². The number of hydrogen-bond donors (Lipinski definition) is 2. The van der Waals surface area contributed by atoms with E-state index >= 15 is 0 Å². The summed E-state index contributed by atoms with van der Waals surface area (Å²) >= 11 is 0. The number of amides is 2. The predicted octanol–water partition coefficient (Wildman–Crippen LogP) is 0.360. The largest absolute Gasteiger partial charge is 0.467 e. The number of carbonyl (C=O) groups excluding carboxylic acids is 1. The van der Waals surface area contributed by atoms with E-state index in [-0.39, 0.29) is 6.03 Å². The summed E-state index contributed by atoms with van der Waals surface area (Å²) in [6.07, 6.45) is 3.24. The Morgan fingerprint density at radius 1 is 1.42 bits per heavy atom. The van der Waals surface area contributed by atoms with Gasteiger partial charge in [0.1, 0.15) is 5.76 Å². The number of rotatable bonds is 7. The summed E-state index contributed by atoms with van der Waals surface area (Å²) in [5.74, 6) is 0.673. The molecule has 0 radical (unpaired) electrons. The molecule has 0 bridgehead atoms. The molecule has 0 spiro atoms. The number of nitrogens with zero attached hydrogens (tertiary/aromatic N) is 1. The molecule has 0 aliphatic heterocycles. The van der Waals surface area contributed by atoms with Crippen LogP contribution in [-0.4, -0.2) is 45.1 Å². The first-order valence-corrected chi connectivity index (χ1v) is 7.70. The zero-order valence-corrected chi connectivity index (χ0v) is 11.9. The second kappa shape index (κ2) is 7.15. The van der Waals surface area contributed by atoms with Crippen molar-refractivity contribution in [3.63, 3.8) is 0 Å². The molecule has 0 atom stereocenters. The molecule has 2 N–H and O–H groups in total. The van der Waals surface area contributed by atoms with E-state index in [1.165, 1.54) is 17.6 Å². The van der Waals surface area contributed by atoms with Crippen LogP contribution in [0.25, 0.3) is 0 Å². The van der Waals surface area contributed by atoms with Crippen LogP contribution in [0.5, 0.6) is 0 Å². The predicted molar refractivity (Wildman–Crippen MR) is 71.0 cm³/mol. The average Bonchev–Trinajstić information content (AvgIpc) is 2.83. The lowest BCUT2D eigenvalue weighted by Gasteiger charge is -2.13. The Labute approximate surface area is 113 Å². The molecule has 2 amide bonds. The molecule has 0 unspecified atom stereocenters. The molecule has 0 fully saturated rings. The maximum atomic E-state index is 11.4. The van der Waals surface area contributed by atoms with Crippen molar-refractivity contribution in [3.8, 4) is 0 Å². The molecule has 0 saturated carbocycles. The Balaban J connectivity index is 2.11. The number of urea groups is 1. The van der Waals surface area contributed by atoms with Crippen molar-refractivity contribution in [2.24, 2.45) is 0 Å². The molecule has 8 heteroatoms. The molecule has 1 rings (SSSR count). The molecular formula is C11H19N3O4S. The fourth-order valence-corrected chi connectivity index (χ4v) is 1.77. The summed E-state index contributed by atoms with van der Waals surface area (Å²) in [6, 6.07) is 3.20. The lowest BCUT2D eigenvalue weighted by molar-refractivity contribution is 0.239. The van der Waals surface area contributed by atoms with Crippen LogP contribution in [-0.2, 0) is 16.6 Å². The minimum Gasteiger partial charge on any atom is -0.467 e. The van der Waals surface area contributed by atoms with Crippen LogP contribution >= 0.6 is 0 Å². The van der Waals surface area contributed by atoms with Crippen molar-refractivity contribution in [3.05, 3.63) is 24.2 Å². The van der Waals surface area contributed by atoms with Gasteiger partial charge >= 0.3 is 6.03 Å². The average molecular weight is 289 g/mol. The number of nitrogens with one attached hydrogen (secondary N) is 2. The van der Waals surface area contributed by atoms with Crippen LogP contribution in [0.4, 0.5) is 4.79 Å². The van der Waals surface area contributed by atoms with Crippen molar-refractivity contribution in [1.29, 1.82) is 0 Å². The van der Waals surface area contributed by atoms with Gasteiger partial charge in [-0.15, -0.1) is 0 Å². The highest BCUT2D eigenvalue weighted by atomic mass is 32.2. The summed E-state index contributed by atoms with van der Waals surface area (Å²) in [6.45, 7) is 1.10. The van der Waals surface area contributed by atoms with Gasteiger partial charge in [-0.25, -0.2) is 17.5 Å². The van der Waals surface area contributed by atoms with Crippen molar-refractivity contribution in [1.82, 2.24) is 14.9 Å². The topological polar surface area (TPSA) is 91.7 Å². The Morgan fingerprint density at radius 2 is 2.16 bits per heavy atom. The standard InChI is InChI=1S/C11H19N3O4S/c1-14(19(2,16)17)7-4-6-12-11(15)13-9-10-5-3-8-18-10/h3,5,8H,4,6-7,9H2,1-2H3,(H2,12,13,15). The van der Waals surface area contributed by atoms with Gasteiger partial charge in [0.25, 0.3) is 0 Å². The first-order chi connectivity index (χ1) is 8.89. The first-order valence-electron chi connectivity index (χ1n) is 5.85. The van der Waals surface area contributed by atoms with E-state index in [2.05, 4.69) is 10.6 Å². The van der Waals surface area contributed by atoms with E-state index in [9.17, 15) is 13.2 Å². The maximum Gasteiger partial charge on any atom is 0.315 e. The molecule has 0 aliphatic carbocycles. The normalized spacial score (nSPS) is 11.5. The van der Waals surface area contributed by atoms with Gasteiger partial charge in [-0.3, -0.25) is 0 Å². The summed E-state index contributed by atoms with van der Waals surface area (Å²) in [5.41, 5.74) is 0. The monoisotopic (exact) mass is 289 g/mol. The van der Waals surface area contributed by atoms with Gasteiger partial charge < -0.3 is 15.1 Å². The minimum absolute atomic E-state index is 0.307. The van der Waals surface area contributed by atoms with E-state index < -0.39 is 10.0 Å². The zero-order chi connectivity index (χ0) is 14.3. The number of carbonyl (C=O) groups is 1. The highest BCUT2D eigenvalue weighted by molar-refractivity contribution is 7.88. The van der Waals surface area contributed by atoms with Gasteiger partial charge in [0.15, 0.2) is 0 Å². The third-order valence-electron chi connectivity index (χ3n) is 2.50. The Kier molecular flexibility index (Phi) is 5.84. The summed E-state index contributed by atoms with van der Waals surface area (Å²) in [4.78, 5) is 11.4. The van der Waals surface area contributed by atoms with Gasteiger partial charge in [-0.1, -0.05) is 0 Å². The number of furan rings is 1. The van der Waals surface area contributed by atoms with E-state index in [0.29, 0.717) is 31.8 Å². The molecule has 0 saturated heterocycles. The quantitative estimate of drug-likeness (QED) is 0.709. The summed E-state index contributed by atoms with van der Waals surface area (Å²) < 4.78 is 28.5. The van der Waals surface area contributed by atoms with E-state index in [0.717, 1.165) is 6.26 Å². The molecule has 7 nitrogen and oxygen atoms in total. The van der Waals surface area contributed by atoms with Gasteiger partial charge in [0.05, 0.1) is 19.1 Å². The molecule has 19 heavy (non-hydrogen) atoms. The van der Waals surface area contributed by atoms with E-state index in [1.807, 2.05) is 0 Å². The van der Waals surface area contributed by atoms with Crippen LogP contribution in [0.15, 0.2) is 22.8 Å². The second-order valence-electron chi connectivity index (χ2n) is 4.13. The van der Waals surface area contributed by atoms with Crippen molar-refractivity contribution < 1.29 is 17.6 Å². The van der Waals surface area contributed by atoms with Crippen LogP contribution < -0.4 is 10.6 Å². The van der Waals surface area contributed by atoms with Crippen LogP contribution in [0.1, 0.15) is 12.2 Å². The summed E-state index contributed by atoms with van der Waals surface area (Å²) in [5, 5.41) is 5.27. The number of hydrogen-bond acceptors (Lipinski definition) is 4. The van der Waals surface area contributed by atoms with Gasteiger partial charge in [0, 0.05) is 20.1 Å². The Bertz CT molecular complexity index is 484. The van der Waals surface area contributed by atoms with E-state index in [1.54, 1.807) is 12.1 Å². The minimum atomic E-state index is -3.15. The Hall–Kier alpha value is -1.54. The Morgan fingerprint density at radius 3 is 2.74 bits per heavy atom. The first kappa shape index (κ1) is 15.5. The fourth-order valence-electron chi connectivity index (χ4n) is 1.31. The molecule has 0 aliphatic rings. The van der Waals surface area contributed by atoms with Gasteiger partial charge in [-0.2, -0.15) is 0 Å². The number of sulfonamides is 1. The van der Waals surface area contributed by atoms with Crippen molar-refractivity contribution in [2.45, 2.75) is 13.0 Å². The molecule has 1 aromatic heterocycles. The van der Waals surface area contributed by atoms with E-state index in [4.69, 9.17) is 4.42 Å². The SMILES string of the molecule is CN(CCCNC(=O)NCc1ccco1)S(C)(=O)=O. The molecule has 108 valence electrons. The third kappa shape index (κ3) is 6.25. The molecule has 0 aromatic carbocycles. The third-order valence-corrected chi connectivity index (χ3v) is 3.82. The van der Waals surface area contributed by atoms with Gasteiger partial charge in [-0.05, 0) is 18.6 Å². The molecule has 1 aromatic rings. The molecular weight excluding hydrogens is 270 g/mol. The lowest BCUT2D eigenvalue weighted by Crippen LogP contribution is -2.37. The van der Waals surface area contributed by atoms with Crippen LogP contribution in [0.3, 0.4) is 0 Å². The van der Waals surface area contributed by atoms with Crippen LogP contribution in [0.2, 0.25) is 0 Å². The second-order valence-corrected chi connectivity index (χ2v) is 6.22. The zero-order valence-electron chi connectivity index (χ0n) is 11.0. The molecule has 1 heterocycles. The highest BCUT2D eigenvalue weighted by Crippen LogP contribution is 1.98. The van der Waals surface area contributed by atoms with Crippen LogP contribution in [0, 0.1) is 0 Å². The van der Waals surface area contributed by atoms with Crippen molar-refractivity contribution >= 4 is 16.1 Å².